The molecule has 7 nitrogen and oxygen atoms in total. The third kappa shape index (κ3) is 6.34. The van der Waals surface area contributed by atoms with Gasteiger partial charge in [-0.2, -0.15) is 0 Å². The molecule has 2 heterocycles. The standard InChI is InChI=1S/C23H37N3O4/c1-9-16(2)26(21(28)30-23(6,7)8)19-13-12-17(15-24-19)18-11-10-14-25(18)20(27)29-22(3,4)5/h12-13,15-16,18H,9-11,14H2,1-8H3/t16-,18+/m0/s1. The van der Waals surface area contributed by atoms with Crippen LogP contribution in [0, 0.1) is 0 Å². The highest BCUT2D eigenvalue weighted by Crippen LogP contribution is 2.33. The number of nitrogens with zero attached hydrogens (tertiary/aromatic N) is 3. The Kier molecular flexibility index (Phi) is 7.37. The number of ether oxygens (including phenoxy) is 2. The summed E-state index contributed by atoms with van der Waals surface area (Å²) >= 11 is 0. The summed E-state index contributed by atoms with van der Waals surface area (Å²) in [5.74, 6) is 0.546. The molecule has 0 N–H and O–H groups in total. The second-order valence-corrected chi connectivity index (χ2v) is 9.89. The van der Waals surface area contributed by atoms with Gasteiger partial charge in [-0.25, -0.2) is 14.6 Å². The van der Waals surface area contributed by atoms with Crippen LogP contribution in [-0.2, 0) is 9.47 Å². The molecule has 1 saturated heterocycles. The van der Waals surface area contributed by atoms with Gasteiger partial charge >= 0.3 is 12.2 Å². The number of likely N-dealkylation sites (tertiary alicyclic amines) is 1. The van der Waals surface area contributed by atoms with Crippen molar-refractivity contribution in [2.75, 3.05) is 11.4 Å². The van der Waals surface area contributed by atoms with E-state index in [4.69, 9.17) is 9.47 Å². The summed E-state index contributed by atoms with van der Waals surface area (Å²) in [6.07, 6.45) is 3.60. The molecule has 1 fully saturated rings. The molecule has 7 heteroatoms. The van der Waals surface area contributed by atoms with Crippen LogP contribution in [0.15, 0.2) is 18.3 Å². The Morgan fingerprint density at radius 2 is 1.80 bits per heavy atom. The number of aromatic nitrogens is 1. The summed E-state index contributed by atoms with van der Waals surface area (Å²) in [7, 11) is 0. The lowest BCUT2D eigenvalue weighted by molar-refractivity contribution is 0.0224. The zero-order valence-corrected chi connectivity index (χ0v) is 19.7. The topological polar surface area (TPSA) is 72.0 Å². The number of pyridine rings is 1. The third-order valence-corrected chi connectivity index (χ3v) is 4.90. The molecule has 0 aliphatic carbocycles. The van der Waals surface area contributed by atoms with Crippen LogP contribution >= 0.6 is 0 Å². The van der Waals surface area contributed by atoms with E-state index in [0.29, 0.717) is 12.4 Å². The third-order valence-electron chi connectivity index (χ3n) is 4.90. The Labute approximate surface area is 180 Å². The van der Waals surface area contributed by atoms with E-state index in [-0.39, 0.29) is 18.2 Å². The molecule has 1 aromatic rings. The number of hydrogen-bond donors (Lipinski definition) is 0. The van der Waals surface area contributed by atoms with Gasteiger partial charge in [-0.1, -0.05) is 13.0 Å². The normalized spacial score (nSPS) is 18.1. The summed E-state index contributed by atoms with van der Waals surface area (Å²) in [6, 6.07) is 3.65. The SMILES string of the molecule is CC[C@H](C)N(C(=O)OC(C)(C)C)c1ccc([C@H]2CCCN2C(=O)OC(C)(C)C)cn1. The first-order chi connectivity index (χ1) is 13.8. The minimum atomic E-state index is -0.583. The van der Waals surface area contributed by atoms with Crippen molar-refractivity contribution >= 4 is 18.0 Å². The van der Waals surface area contributed by atoms with Crippen LogP contribution in [0.5, 0.6) is 0 Å². The van der Waals surface area contributed by atoms with Gasteiger partial charge in [0, 0.05) is 18.8 Å². The van der Waals surface area contributed by atoms with Crippen LogP contribution in [0.25, 0.3) is 0 Å². The van der Waals surface area contributed by atoms with Gasteiger partial charge in [-0.15, -0.1) is 0 Å². The van der Waals surface area contributed by atoms with Crippen LogP contribution in [0.2, 0.25) is 0 Å². The molecule has 0 saturated carbocycles. The Morgan fingerprint density at radius 1 is 1.17 bits per heavy atom. The fourth-order valence-corrected chi connectivity index (χ4v) is 3.38. The van der Waals surface area contributed by atoms with E-state index in [1.807, 2.05) is 67.5 Å². The van der Waals surface area contributed by atoms with E-state index in [0.717, 1.165) is 24.8 Å². The first kappa shape index (κ1) is 24.0. The average molecular weight is 420 g/mol. The van der Waals surface area contributed by atoms with Crippen LogP contribution in [0.3, 0.4) is 0 Å². The number of carbonyl (C=O) groups excluding carboxylic acids is 2. The summed E-state index contributed by atoms with van der Waals surface area (Å²) in [6.45, 7) is 15.8. The van der Waals surface area contributed by atoms with Gasteiger partial charge < -0.3 is 14.4 Å². The largest absolute Gasteiger partial charge is 0.444 e. The molecule has 168 valence electrons. The molecular weight excluding hydrogens is 382 g/mol. The highest BCUT2D eigenvalue weighted by atomic mass is 16.6. The van der Waals surface area contributed by atoms with Gasteiger partial charge in [0.15, 0.2) is 0 Å². The Bertz CT molecular complexity index is 734. The van der Waals surface area contributed by atoms with Crippen molar-refractivity contribution in [3.63, 3.8) is 0 Å². The summed E-state index contributed by atoms with van der Waals surface area (Å²) in [4.78, 5) is 33.3. The minimum absolute atomic E-state index is 0.0528. The monoisotopic (exact) mass is 419 g/mol. The molecule has 1 aromatic heterocycles. The zero-order chi connectivity index (χ0) is 22.7. The molecule has 0 bridgehead atoms. The summed E-state index contributed by atoms with van der Waals surface area (Å²) in [5, 5.41) is 0. The van der Waals surface area contributed by atoms with Crippen LogP contribution in [0.1, 0.15) is 86.3 Å². The Hall–Kier alpha value is -2.31. The number of carbonyl (C=O) groups is 2. The van der Waals surface area contributed by atoms with Gasteiger partial charge in [0.25, 0.3) is 0 Å². The lowest BCUT2D eigenvalue weighted by Crippen LogP contribution is -2.42. The van der Waals surface area contributed by atoms with E-state index >= 15 is 0 Å². The Balaban J connectivity index is 2.22. The van der Waals surface area contributed by atoms with Crippen LogP contribution in [0.4, 0.5) is 15.4 Å². The number of amides is 2. The van der Waals surface area contributed by atoms with Gasteiger partial charge in [0.2, 0.25) is 0 Å². The first-order valence-electron chi connectivity index (χ1n) is 10.8. The summed E-state index contributed by atoms with van der Waals surface area (Å²) < 4.78 is 11.1. The fraction of sp³-hybridized carbons (Fsp3) is 0.696. The van der Waals surface area contributed by atoms with Crippen LogP contribution < -0.4 is 4.90 Å². The van der Waals surface area contributed by atoms with Crippen molar-refractivity contribution in [1.82, 2.24) is 9.88 Å². The van der Waals surface area contributed by atoms with Gasteiger partial charge in [0.1, 0.15) is 17.0 Å². The van der Waals surface area contributed by atoms with Gasteiger partial charge in [-0.3, -0.25) is 4.90 Å². The maximum absolute atomic E-state index is 12.8. The van der Waals surface area contributed by atoms with Gasteiger partial charge in [0.05, 0.1) is 6.04 Å². The maximum Gasteiger partial charge on any atom is 0.416 e. The van der Waals surface area contributed by atoms with Crippen molar-refractivity contribution in [1.29, 1.82) is 0 Å². The predicted molar refractivity (Wildman–Crippen MR) is 118 cm³/mol. The lowest BCUT2D eigenvalue weighted by atomic mass is 10.1. The molecule has 1 aliphatic rings. The average Bonchev–Trinajstić information content (AvgIpc) is 3.09. The van der Waals surface area contributed by atoms with Crippen LogP contribution in [-0.4, -0.2) is 45.9 Å². The van der Waals surface area contributed by atoms with E-state index in [2.05, 4.69) is 4.98 Å². The molecule has 0 unspecified atom stereocenters. The second kappa shape index (κ2) is 9.23. The minimum Gasteiger partial charge on any atom is -0.444 e. The van der Waals surface area contributed by atoms with E-state index in [1.165, 1.54) is 0 Å². The molecule has 0 aromatic carbocycles. The molecule has 0 spiro atoms. The smallest absolute Gasteiger partial charge is 0.416 e. The molecule has 2 amide bonds. The van der Waals surface area contributed by atoms with Crippen molar-refractivity contribution < 1.29 is 19.1 Å². The number of hydrogen-bond acceptors (Lipinski definition) is 5. The molecule has 2 rings (SSSR count). The van der Waals surface area contributed by atoms with E-state index in [9.17, 15) is 9.59 Å². The van der Waals surface area contributed by atoms with Crippen molar-refractivity contribution in [3.05, 3.63) is 23.9 Å². The van der Waals surface area contributed by atoms with E-state index < -0.39 is 17.3 Å². The predicted octanol–water partition coefficient (Wildman–Crippen LogP) is 5.69. The zero-order valence-electron chi connectivity index (χ0n) is 19.7. The highest BCUT2D eigenvalue weighted by Gasteiger charge is 2.34. The highest BCUT2D eigenvalue weighted by molar-refractivity contribution is 5.87. The molecule has 2 atom stereocenters. The van der Waals surface area contributed by atoms with Crippen molar-refractivity contribution in [3.8, 4) is 0 Å². The molecule has 30 heavy (non-hydrogen) atoms. The van der Waals surface area contributed by atoms with Crippen molar-refractivity contribution in [2.24, 2.45) is 0 Å². The lowest BCUT2D eigenvalue weighted by Gasteiger charge is -2.31. The molecular formula is C23H37N3O4. The number of rotatable bonds is 4. The maximum atomic E-state index is 12.8. The fourth-order valence-electron chi connectivity index (χ4n) is 3.38. The van der Waals surface area contributed by atoms with Gasteiger partial charge in [-0.05, 0) is 79.4 Å². The Morgan fingerprint density at radius 3 is 2.30 bits per heavy atom. The molecule has 0 radical (unpaired) electrons. The van der Waals surface area contributed by atoms with E-state index in [1.54, 1.807) is 16.0 Å². The molecule has 1 aliphatic heterocycles. The van der Waals surface area contributed by atoms with Crippen molar-refractivity contribution in [2.45, 2.75) is 97.9 Å². The summed E-state index contributed by atoms with van der Waals surface area (Å²) in [5.41, 5.74) is -0.174. The number of anilines is 1. The quantitative estimate of drug-likeness (QED) is 0.626. The second-order valence-electron chi connectivity index (χ2n) is 9.89. The first-order valence-corrected chi connectivity index (χ1v) is 10.8.